The zero-order valence-electron chi connectivity index (χ0n) is 7.09. The van der Waals surface area contributed by atoms with Crippen LogP contribution >= 0.6 is 12.6 Å². The van der Waals surface area contributed by atoms with Crippen molar-refractivity contribution >= 4 is 24.4 Å². The van der Waals surface area contributed by atoms with Crippen molar-refractivity contribution in [1.82, 2.24) is 10.6 Å². The fourth-order valence-corrected chi connectivity index (χ4v) is 0.748. The number of nitrogens with one attached hydrogen (secondary N) is 2. The molecule has 0 aromatic rings. The fraction of sp³-hybridized carbons (Fsp3) is 0.714. The first kappa shape index (κ1) is 11.3. The molecule has 0 saturated carbocycles. The molecule has 0 radical (unpaired) electrons. The summed E-state index contributed by atoms with van der Waals surface area (Å²) in [6, 6.07) is 0. The van der Waals surface area contributed by atoms with Crippen molar-refractivity contribution in [2.45, 2.75) is 13.3 Å². The second-order valence-electron chi connectivity index (χ2n) is 2.31. The van der Waals surface area contributed by atoms with Crippen LogP contribution in [0, 0.1) is 0 Å². The monoisotopic (exact) mass is 190 g/mol. The summed E-state index contributed by atoms with van der Waals surface area (Å²) in [6.45, 7) is 2.39. The third-order valence-corrected chi connectivity index (χ3v) is 1.38. The van der Waals surface area contributed by atoms with Crippen LogP contribution in [0.25, 0.3) is 0 Å². The Morgan fingerprint density at radius 2 is 1.92 bits per heavy atom. The average Bonchev–Trinajstić information content (AvgIpc) is 2.00. The van der Waals surface area contributed by atoms with Crippen LogP contribution in [0.5, 0.6) is 0 Å². The molecular weight excluding hydrogens is 176 g/mol. The van der Waals surface area contributed by atoms with E-state index in [0.29, 0.717) is 25.3 Å². The molecule has 70 valence electrons. The largest absolute Gasteiger partial charge is 0.356 e. The van der Waals surface area contributed by atoms with Gasteiger partial charge in [0.15, 0.2) is 0 Å². The third kappa shape index (κ3) is 7.40. The van der Waals surface area contributed by atoms with Crippen molar-refractivity contribution in [3.05, 3.63) is 0 Å². The maximum atomic E-state index is 10.9. The number of carbonyl (C=O) groups excluding carboxylic acids is 2. The van der Waals surface area contributed by atoms with Crippen LogP contribution in [-0.4, -0.2) is 30.7 Å². The molecule has 2 amide bonds. The Morgan fingerprint density at radius 3 is 2.42 bits per heavy atom. The SMILES string of the molecule is CC(=O)NCCC(=O)NCCS. The van der Waals surface area contributed by atoms with Crippen molar-refractivity contribution in [3.63, 3.8) is 0 Å². The first-order valence-corrected chi connectivity index (χ1v) is 4.42. The Hall–Kier alpha value is -0.710. The molecule has 0 aliphatic heterocycles. The number of rotatable bonds is 5. The highest BCUT2D eigenvalue weighted by atomic mass is 32.1. The molecule has 0 fully saturated rings. The molecule has 0 saturated heterocycles. The molecule has 0 aliphatic carbocycles. The van der Waals surface area contributed by atoms with E-state index in [1.807, 2.05) is 0 Å². The number of carbonyl (C=O) groups is 2. The van der Waals surface area contributed by atoms with Crippen LogP contribution in [0.4, 0.5) is 0 Å². The van der Waals surface area contributed by atoms with Crippen LogP contribution in [0.1, 0.15) is 13.3 Å². The second-order valence-corrected chi connectivity index (χ2v) is 2.75. The first-order chi connectivity index (χ1) is 5.66. The summed E-state index contributed by atoms with van der Waals surface area (Å²) >= 11 is 3.93. The predicted molar refractivity (Wildman–Crippen MR) is 50.2 cm³/mol. The summed E-state index contributed by atoms with van der Waals surface area (Å²) in [4.78, 5) is 21.3. The third-order valence-electron chi connectivity index (χ3n) is 1.16. The quantitative estimate of drug-likeness (QED) is 0.515. The topological polar surface area (TPSA) is 58.2 Å². The Labute approximate surface area is 77.5 Å². The van der Waals surface area contributed by atoms with Gasteiger partial charge in [0.1, 0.15) is 0 Å². The molecule has 0 rings (SSSR count). The maximum Gasteiger partial charge on any atom is 0.221 e. The highest BCUT2D eigenvalue weighted by Gasteiger charge is 1.99. The standard InChI is InChI=1S/C7H14N2O2S/c1-6(10)8-3-2-7(11)9-4-5-12/h12H,2-5H2,1H3,(H,8,10)(H,9,11). The van der Waals surface area contributed by atoms with Gasteiger partial charge in [-0.3, -0.25) is 9.59 Å². The van der Waals surface area contributed by atoms with Gasteiger partial charge in [-0.15, -0.1) is 0 Å². The van der Waals surface area contributed by atoms with E-state index < -0.39 is 0 Å². The van der Waals surface area contributed by atoms with E-state index in [9.17, 15) is 9.59 Å². The highest BCUT2D eigenvalue weighted by Crippen LogP contribution is 1.78. The van der Waals surface area contributed by atoms with Gasteiger partial charge in [-0.25, -0.2) is 0 Å². The Morgan fingerprint density at radius 1 is 1.25 bits per heavy atom. The number of hydrogen-bond donors (Lipinski definition) is 3. The normalized spacial score (nSPS) is 9.17. The lowest BCUT2D eigenvalue weighted by Gasteiger charge is -2.02. The minimum absolute atomic E-state index is 0.0576. The van der Waals surface area contributed by atoms with E-state index in [1.165, 1.54) is 6.92 Å². The lowest BCUT2D eigenvalue weighted by atomic mass is 10.4. The summed E-state index contributed by atoms with van der Waals surface area (Å²) in [5.74, 6) is 0.459. The molecule has 0 bridgehead atoms. The van der Waals surface area contributed by atoms with Crippen molar-refractivity contribution < 1.29 is 9.59 Å². The number of thiol groups is 1. The molecule has 2 N–H and O–H groups in total. The van der Waals surface area contributed by atoms with E-state index in [2.05, 4.69) is 23.3 Å². The minimum Gasteiger partial charge on any atom is -0.356 e. The van der Waals surface area contributed by atoms with E-state index in [1.54, 1.807) is 0 Å². The number of amides is 2. The van der Waals surface area contributed by atoms with Crippen molar-refractivity contribution in [2.24, 2.45) is 0 Å². The summed E-state index contributed by atoms with van der Waals surface area (Å²) < 4.78 is 0. The molecule has 12 heavy (non-hydrogen) atoms. The highest BCUT2D eigenvalue weighted by molar-refractivity contribution is 7.80. The molecule has 0 aromatic carbocycles. The first-order valence-electron chi connectivity index (χ1n) is 3.79. The smallest absolute Gasteiger partial charge is 0.221 e. The lowest BCUT2D eigenvalue weighted by molar-refractivity contribution is -0.121. The minimum atomic E-state index is -0.114. The molecule has 0 unspecified atom stereocenters. The summed E-state index contributed by atoms with van der Waals surface area (Å²) in [5.41, 5.74) is 0. The van der Waals surface area contributed by atoms with Gasteiger partial charge >= 0.3 is 0 Å². The van der Waals surface area contributed by atoms with Gasteiger partial charge in [-0.05, 0) is 0 Å². The zero-order chi connectivity index (χ0) is 9.40. The molecule has 5 heteroatoms. The van der Waals surface area contributed by atoms with Gasteiger partial charge in [0.2, 0.25) is 11.8 Å². The van der Waals surface area contributed by atoms with Crippen LogP contribution in [0.3, 0.4) is 0 Å². The van der Waals surface area contributed by atoms with Crippen molar-refractivity contribution in [2.75, 3.05) is 18.8 Å². The van der Waals surface area contributed by atoms with Gasteiger partial charge < -0.3 is 10.6 Å². The molecule has 0 aliphatic rings. The van der Waals surface area contributed by atoms with Crippen LogP contribution in [0.2, 0.25) is 0 Å². The van der Waals surface area contributed by atoms with E-state index in [4.69, 9.17) is 0 Å². The van der Waals surface area contributed by atoms with Crippen molar-refractivity contribution in [3.8, 4) is 0 Å². The lowest BCUT2D eigenvalue weighted by Crippen LogP contribution is -2.30. The molecule has 0 spiro atoms. The Kier molecular flexibility index (Phi) is 6.55. The average molecular weight is 190 g/mol. The van der Waals surface area contributed by atoms with Crippen LogP contribution in [0.15, 0.2) is 0 Å². The maximum absolute atomic E-state index is 10.9. The summed E-state index contributed by atoms with van der Waals surface area (Å²) in [5, 5.41) is 5.17. The van der Waals surface area contributed by atoms with E-state index >= 15 is 0 Å². The van der Waals surface area contributed by atoms with Gasteiger partial charge in [-0.1, -0.05) is 0 Å². The summed E-state index contributed by atoms with van der Waals surface area (Å²) in [7, 11) is 0. The molecule has 0 aromatic heterocycles. The summed E-state index contributed by atoms with van der Waals surface area (Å²) in [6.07, 6.45) is 0.327. The fourth-order valence-electron chi connectivity index (χ4n) is 0.636. The predicted octanol–water partition coefficient (Wildman–Crippen LogP) is -0.441. The van der Waals surface area contributed by atoms with Crippen LogP contribution < -0.4 is 10.6 Å². The Balaban J connectivity index is 3.25. The number of hydrogen-bond acceptors (Lipinski definition) is 3. The second kappa shape index (κ2) is 6.97. The Bertz CT molecular complexity index is 161. The molecular formula is C7H14N2O2S. The van der Waals surface area contributed by atoms with E-state index in [-0.39, 0.29) is 11.8 Å². The van der Waals surface area contributed by atoms with Crippen LogP contribution in [-0.2, 0) is 9.59 Å². The zero-order valence-corrected chi connectivity index (χ0v) is 7.99. The molecule has 0 atom stereocenters. The molecule has 4 nitrogen and oxygen atoms in total. The molecule has 0 heterocycles. The van der Waals surface area contributed by atoms with Gasteiger partial charge in [0, 0.05) is 32.2 Å². The van der Waals surface area contributed by atoms with Gasteiger partial charge in [0.05, 0.1) is 0 Å². The van der Waals surface area contributed by atoms with Crippen molar-refractivity contribution in [1.29, 1.82) is 0 Å². The van der Waals surface area contributed by atoms with Gasteiger partial charge in [0.25, 0.3) is 0 Å². The van der Waals surface area contributed by atoms with E-state index in [0.717, 1.165) is 0 Å². The van der Waals surface area contributed by atoms with Gasteiger partial charge in [-0.2, -0.15) is 12.6 Å².